The van der Waals surface area contributed by atoms with Gasteiger partial charge in [0.25, 0.3) is 0 Å². The topological polar surface area (TPSA) is 107 Å². The number of hydrogen-bond donors (Lipinski definition) is 2. The van der Waals surface area contributed by atoms with Crippen LogP contribution in [0, 0.1) is 11.8 Å². The van der Waals surface area contributed by atoms with Crippen LogP contribution in [0.25, 0.3) is 0 Å². The zero-order valence-electron chi connectivity index (χ0n) is 17.8. The first-order chi connectivity index (χ1) is 14.7. The van der Waals surface area contributed by atoms with E-state index in [0.29, 0.717) is 35.8 Å². The molecule has 1 aliphatic carbocycles. The van der Waals surface area contributed by atoms with E-state index in [1.54, 1.807) is 19.9 Å². The highest BCUT2D eigenvalue weighted by Gasteiger charge is 2.30. The summed E-state index contributed by atoms with van der Waals surface area (Å²) in [5.74, 6) is 0.808. The molecule has 0 fully saturated rings. The Labute approximate surface area is 186 Å². The van der Waals surface area contributed by atoms with Crippen molar-refractivity contribution in [1.29, 1.82) is 0 Å². The van der Waals surface area contributed by atoms with Crippen LogP contribution in [-0.2, 0) is 27.7 Å². The predicted molar refractivity (Wildman–Crippen MR) is 118 cm³/mol. The summed E-state index contributed by atoms with van der Waals surface area (Å²) in [6.45, 7) is 6.59. The Morgan fingerprint density at radius 3 is 2.71 bits per heavy atom. The minimum Gasteiger partial charge on any atom is -0.486 e. The van der Waals surface area contributed by atoms with E-state index in [9.17, 15) is 13.2 Å². The van der Waals surface area contributed by atoms with Crippen LogP contribution in [-0.4, -0.2) is 38.6 Å². The molecular formula is C21H27N3O5S2. The normalized spacial score (nSPS) is 19.0. The van der Waals surface area contributed by atoms with Gasteiger partial charge >= 0.3 is 0 Å². The summed E-state index contributed by atoms with van der Waals surface area (Å²) in [5, 5.41) is 3.34. The highest BCUT2D eigenvalue weighted by atomic mass is 32.2. The molecule has 0 saturated carbocycles. The summed E-state index contributed by atoms with van der Waals surface area (Å²) < 4.78 is 39.4. The molecule has 10 heteroatoms. The number of fused-ring (bicyclic) bond motifs is 2. The van der Waals surface area contributed by atoms with Crippen molar-refractivity contribution < 1.29 is 22.7 Å². The number of nitrogens with one attached hydrogen (secondary N) is 2. The monoisotopic (exact) mass is 465 g/mol. The van der Waals surface area contributed by atoms with Gasteiger partial charge < -0.3 is 14.8 Å². The number of rotatable bonds is 6. The third-order valence-electron chi connectivity index (χ3n) is 5.47. The fourth-order valence-electron chi connectivity index (χ4n) is 3.69. The Bertz CT molecular complexity index is 1080. The van der Waals surface area contributed by atoms with Crippen LogP contribution in [0.5, 0.6) is 11.5 Å². The minimum atomic E-state index is -3.95. The van der Waals surface area contributed by atoms with Gasteiger partial charge in [0.15, 0.2) is 16.6 Å². The maximum atomic E-state index is 13.0. The number of thiazole rings is 1. The Morgan fingerprint density at radius 2 is 1.97 bits per heavy atom. The molecule has 2 aromatic rings. The third kappa shape index (κ3) is 4.86. The van der Waals surface area contributed by atoms with Gasteiger partial charge in [0.1, 0.15) is 19.3 Å². The van der Waals surface area contributed by atoms with E-state index >= 15 is 0 Å². The van der Waals surface area contributed by atoms with E-state index in [1.165, 1.54) is 28.3 Å². The molecule has 0 spiro atoms. The highest BCUT2D eigenvalue weighted by molar-refractivity contribution is 7.89. The predicted octanol–water partition coefficient (Wildman–Crippen LogP) is 2.98. The summed E-state index contributed by atoms with van der Waals surface area (Å²) in [5.41, 5.74) is 1.04. The SMILES string of the molecule is CC1CCc2nc(NC(=O)[C@@H](NS(=O)(=O)c3ccc4c(c3)OCCO4)C(C)C)sc2C1. The van der Waals surface area contributed by atoms with Gasteiger partial charge in [-0.25, -0.2) is 13.4 Å². The average Bonchev–Trinajstić information content (AvgIpc) is 3.12. The van der Waals surface area contributed by atoms with E-state index in [-0.39, 0.29) is 10.8 Å². The number of ether oxygens (including phenoxy) is 2. The smallest absolute Gasteiger partial charge is 0.244 e. The standard InChI is InChI=1S/C21H27N3O5S2/c1-12(2)19(20(25)23-21-22-15-6-4-13(3)10-18(15)30-21)24-31(26,27)14-5-7-16-17(11-14)29-9-8-28-16/h5,7,11-13,19,24H,4,6,8-10H2,1-3H3,(H,22,23,25)/t13?,19-/m0/s1. The maximum absolute atomic E-state index is 13.0. The van der Waals surface area contributed by atoms with E-state index in [0.717, 1.165) is 25.0 Å². The number of aromatic nitrogens is 1. The van der Waals surface area contributed by atoms with Crippen LogP contribution in [0.2, 0.25) is 0 Å². The van der Waals surface area contributed by atoms with Crippen molar-refractivity contribution in [3.05, 3.63) is 28.8 Å². The summed E-state index contributed by atoms with van der Waals surface area (Å²) in [6.07, 6.45) is 2.97. The lowest BCUT2D eigenvalue weighted by Gasteiger charge is -2.22. The Morgan fingerprint density at radius 1 is 1.23 bits per heavy atom. The first kappa shape index (κ1) is 22.0. The number of amides is 1. The molecule has 4 rings (SSSR count). The van der Waals surface area contributed by atoms with Gasteiger partial charge in [-0.3, -0.25) is 4.79 Å². The molecule has 1 aliphatic heterocycles. The second kappa shape index (κ2) is 8.76. The van der Waals surface area contributed by atoms with Crippen LogP contribution in [0.4, 0.5) is 5.13 Å². The summed E-state index contributed by atoms with van der Waals surface area (Å²) in [6, 6.07) is 3.48. The van der Waals surface area contributed by atoms with Crippen LogP contribution >= 0.6 is 11.3 Å². The Balaban J connectivity index is 1.50. The number of benzene rings is 1. The van der Waals surface area contributed by atoms with Gasteiger partial charge in [0, 0.05) is 10.9 Å². The lowest BCUT2D eigenvalue weighted by atomic mass is 9.93. The fraction of sp³-hybridized carbons (Fsp3) is 0.524. The molecule has 0 saturated heterocycles. The molecule has 2 N–H and O–H groups in total. The van der Waals surface area contributed by atoms with Gasteiger partial charge in [-0.1, -0.05) is 20.8 Å². The molecule has 168 valence electrons. The van der Waals surface area contributed by atoms with E-state index < -0.39 is 22.0 Å². The number of carbonyl (C=O) groups is 1. The van der Waals surface area contributed by atoms with Crippen LogP contribution in [0.1, 0.15) is 37.8 Å². The minimum absolute atomic E-state index is 0.0221. The number of nitrogens with zero attached hydrogens (tertiary/aromatic N) is 1. The second-order valence-corrected chi connectivity index (χ2v) is 11.2. The fourth-order valence-corrected chi connectivity index (χ4v) is 6.23. The molecule has 1 aromatic carbocycles. The lowest BCUT2D eigenvalue weighted by Crippen LogP contribution is -2.47. The van der Waals surface area contributed by atoms with Gasteiger partial charge in [-0.15, -0.1) is 11.3 Å². The third-order valence-corrected chi connectivity index (χ3v) is 7.95. The number of aryl methyl sites for hydroxylation is 1. The van der Waals surface area contributed by atoms with E-state index in [2.05, 4.69) is 21.9 Å². The Kier molecular flexibility index (Phi) is 6.23. The molecular weight excluding hydrogens is 438 g/mol. The van der Waals surface area contributed by atoms with Crippen molar-refractivity contribution in [3.63, 3.8) is 0 Å². The molecule has 1 aromatic heterocycles. The summed E-state index contributed by atoms with van der Waals surface area (Å²) in [7, 11) is -3.95. The van der Waals surface area contributed by atoms with Crippen molar-refractivity contribution in [2.75, 3.05) is 18.5 Å². The molecule has 2 atom stereocenters. The van der Waals surface area contributed by atoms with Gasteiger partial charge in [-0.05, 0) is 43.2 Å². The molecule has 0 bridgehead atoms. The zero-order chi connectivity index (χ0) is 22.2. The van der Waals surface area contributed by atoms with E-state index in [1.807, 2.05) is 0 Å². The average molecular weight is 466 g/mol. The number of hydrogen-bond acceptors (Lipinski definition) is 7. The zero-order valence-corrected chi connectivity index (χ0v) is 19.4. The van der Waals surface area contributed by atoms with Crippen LogP contribution in [0.3, 0.4) is 0 Å². The number of anilines is 1. The first-order valence-corrected chi connectivity index (χ1v) is 12.7. The first-order valence-electron chi connectivity index (χ1n) is 10.4. The summed E-state index contributed by atoms with van der Waals surface area (Å²) in [4.78, 5) is 18.7. The molecule has 0 radical (unpaired) electrons. The van der Waals surface area contributed by atoms with Gasteiger partial charge in [0.2, 0.25) is 15.9 Å². The number of carbonyl (C=O) groups excluding carboxylic acids is 1. The van der Waals surface area contributed by atoms with Crippen molar-refractivity contribution in [2.45, 2.75) is 51.0 Å². The molecule has 1 amide bonds. The maximum Gasteiger partial charge on any atom is 0.244 e. The van der Waals surface area contributed by atoms with Crippen LogP contribution < -0.4 is 19.5 Å². The largest absolute Gasteiger partial charge is 0.486 e. The highest BCUT2D eigenvalue weighted by Crippen LogP contribution is 2.33. The van der Waals surface area contributed by atoms with Gasteiger partial charge in [-0.2, -0.15) is 4.72 Å². The van der Waals surface area contributed by atoms with E-state index in [4.69, 9.17) is 9.47 Å². The Hall–Kier alpha value is -2.17. The molecule has 8 nitrogen and oxygen atoms in total. The van der Waals surface area contributed by atoms with Crippen molar-refractivity contribution in [3.8, 4) is 11.5 Å². The molecule has 2 heterocycles. The number of sulfonamides is 1. The molecule has 31 heavy (non-hydrogen) atoms. The molecule has 1 unspecified atom stereocenters. The van der Waals surface area contributed by atoms with Gasteiger partial charge in [0.05, 0.1) is 10.6 Å². The van der Waals surface area contributed by atoms with Crippen LogP contribution in [0.15, 0.2) is 23.1 Å². The lowest BCUT2D eigenvalue weighted by molar-refractivity contribution is -0.118. The molecule has 2 aliphatic rings. The quantitative estimate of drug-likeness (QED) is 0.679. The van der Waals surface area contributed by atoms with Crippen molar-refractivity contribution in [1.82, 2.24) is 9.71 Å². The second-order valence-electron chi connectivity index (χ2n) is 8.37. The van der Waals surface area contributed by atoms with Crippen molar-refractivity contribution in [2.24, 2.45) is 11.8 Å². The van der Waals surface area contributed by atoms with Crippen molar-refractivity contribution >= 4 is 32.4 Å². The summed E-state index contributed by atoms with van der Waals surface area (Å²) >= 11 is 1.48.